The van der Waals surface area contributed by atoms with E-state index in [1.54, 1.807) is 13.0 Å². The standard InChI is InChI=1S/C22H21N5O3S/c1-15-8-6-7-11-18(15)29-13-19-24-25-22(27(19)17-9-4-3-5-10-17)31-14-20(28)23-21-12-16(2)26-30-21/h3-12H,13-14H2,1-2H3,(H,23,28). The van der Waals surface area contributed by atoms with Crippen LogP contribution in [0.2, 0.25) is 0 Å². The Balaban J connectivity index is 1.50. The molecule has 31 heavy (non-hydrogen) atoms. The maximum absolute atomic E-state index is 12.3. The molecule has 9 heteroatoms. The molecule has 0 aliphatic heterocycles. The van der Waals surface area contributed by atoms with Gasteiger partial charge in [-0.3, -0.25) is 14.7 Å². The van der Waals surface area contributed by atoms with Crippen molar-refractivity contribution >= 4 is 23.6 Å². The van der Waals surface area contributed by atoms with Crippen LogP contribution >= 0.6 is 11.8 Å². The van der Waals surface area contributed by atoms with Gasteiger partial charge in [-0.15, -0.1) is 10.2 Å². The highest BCUT2D eigenvalue weighted by atomic mass is 32.2. The highest BCUT2D eigenvalue weighted by Gasteiger charge is 2.17. The smallest absolute Gasteiger partial charge is 0.237 e. The summed E-state index contributed by atoms with van der Waals surface area (Å²) in [5.41, 5.74) is 2.64. The number of hydrogen-bond donors (Lipinski definition) is 1. The molecule has 0 aliphatic rings. The van der Waals surface area contributed by atoms with Crippen molar-refractivity contribution in [2.75, 3.05) is 11.1 Å². The third-order valence-electron chi connectivity index (χ3n) is 4.39. The fourth-order valence-corrected chi connectivity index (χ4v) is 3.68. The molecule has 0 radical (unpaired) electrons. The van der Waals surface area contributed by atoms with E-state index in [9.17, 15) is 4.79 Å². The van der Waals surface area contributed by atoms with Crippen LogP contribution in [-0.2, 0) is 11.4 Å². The number of carbonyl (C=O) groups is 1. The molecule has 1 N–H and O–H groups in total. The summed E-state index contributed by atoms with van der Waals surface area (Å²) in [6.07, 6.45) is 0. The molecule has 2 aromatic carbocycles. The monoisotopic (exact) mass is 435 g/mol. The normalized spacial score (nSPS) is 10.8. The highest BCUT2D eigenvalue weighted by molar-refractivity contribution is 7.99. The topological polar surface area (TPSA) is 95.1 Å². The van der Waals surface area contributed by atoms with Gasteiger partial charge in [0.1, 0.15) is 12.4 Å². The van der Waals surface area contributed by atoms with Crippen molar-refractivity contribution in [3.05, 3.63) is 77.7 Å². The highest BCUT2D eigenvalue weighted by Crippen LogP contribution is 2.24. The molecule has 4 aromatic rings. The van der Waals surface area contributed by atoms with E-state index >= 15 is 0 Å². The number of nitrogens with zero attached hydrogens (tertiary/aromatic N) is 4. The first-order valence-electron chi connectivity index (χ1n) is 9.64. The van der Waals surface area contributed by atoms with Gasteiger partial charge in [0, 0.05) is 11.8 Å². The molecule has 0 saturated carbocycles. The summed E-state index contributed by atoms with van der Waals surface area (Å²) in [6, 6.07) is 19.2. The molecule has 158 valence electrons. The lowest BCUT2D eigenvalue weighted by Gasteiger charge is -2.12. The first-order chi connectivity index (χ1) is 15.1. The number of anilines is 1. The number of aromatic nitrogens is 4. The molecule has 2 heterocycles. The Bertz CT molecular complexity index is 1170. The van der Waals surface area contributed by atoms with Crippen molar-refractivity contribution in [1.82, 2.24) is 19.9 Å². The van der Waals surface area contributed by atoms with Crippen molar-refractivity contribution in [2.24, 2.45) is 0 Å². The fourth-order valence-electron chi connectivity index (χ4n) is 2.91. The van der Waals surface area contributed by atoms with Gasteiger partial charge in [-0.25, -0.2) is 0 Å². The van der Waals surface area contributed by atoms with E-state index in [2.05, 4.69) is 20.7 Å². The molecule has 0 spiro atoms. The van der Waals surface area contributed by atoms with Crippen molar-refractivity contribution in [2.45, 2.75) is 25.6 Å². The van der Waals surface area contributed by atoms with E-state index < -0.39 is 0 Å². The Kier molecular flexibility index (Phi) is 6.32. The SMILES string of the molecule is Cc1cc(NC(=O)CSc2nnc(COc3ccccc3C)n2-c2ccccc2)on1. The van der Waals surface area contributed by atoms with E-state index in [4.69, 9.17) is 9.26 Å². The van der Waals surface area contributed by atoms with Gasteiger partial charge in [0.15, 0.2) is 11.0 Å². The van der Waals surface area contributed by atoms with Crippen LogP contribution in [0.3, 0.4) is 0 Å². The van der Waals surface area contributed by atoms with Crippen molar-refractivity contribution < 1.29 is 14.1 Å². The Labute approximate surface area is 183 Å². The van der Waals surface area contributed by atoms with E-state index in [0.717, 1.165) is 17.0 Å². The summed E-state index contributed by atoms with van der Waals surface area (Å²) in [5.74, 6) is 1.68. The second-order valence-corrected chi connectivity index (χ2v) is 7.74. The molecule has 2 aromatic heterocycles. The van der Waals surface area contributed by atoms with Gasteiger partial charge >= 0.3 is 0 Å². The predicted molar refractivity (Wildman–Crippen MR) is 117 cm³/mol. The summed E-state index contributed by atoms with van der Waals surface area (Å²) in [7, 11) is 0. The molecule has 4 rings (SSSR count). The fraction of sp³-hybridized carbons (Fsp3) is 0.182. The van der Waals surface area contributed by atoms with E-state index in [1.165, 1.54) is 11.8 Å². The third kappa shape index (κ3) is 5.13. The molecule has 0 aliphatic carbocycles. The van der Waals surface area contributed by atoms with Crippen LogP contribution in [0, 0.1) is 13.8 Å². The zero-order valence-corrected chi connectivity index (χ0v) is 17.9. The van der Waals surface area contributed by atoms with E-state index in [-0.39, 0.29) is 18.3 Å². The van der Waals surface area contributed by atoms with Crippen LogP contribution in [-0.4, -0.2) is 31.6 Å². The second kappa shape index (κ2) is 9.48. The van der Waals surface area contributed by atoms with Gasteiger partial charge in [0.2, 0.25) is 11.8 Å². The van der Waals surface area contributed by atoms with Crippen LogP contribution in [0.4, 0.5) is 5.88 Å². The summed E-state index contributed by atoms with van der Waals surface area (Å²) in [5, 5.41) is 15.6. The lowest BCUT2D eigenvalue weighted by atomic mass is 10.2. The van der Waals surface area contributed by atoms with Crippen LogP contribution in [0.5, 0.6) is 5.75 Å². The minimum atomic E-state index is -0.221. The summed E-state index contributed by atoms with van der Waals surface area (Å²) < 4.78 is 12.9. The van der Waals surface area contributed by atoms with Crippen LogP contribution < -0.4 is 10.1 Å². The molecule has 0 saturated heterocycles. The quantitative estimate of drug-likeness (QED) is 0.415. The maximum Gasteiger partial charge on any atom is 0.237 e. The number of aryl methyl sites for hydroxylation is 2. The number of thioether (sulfide) groups is 1. The molecular formula is C22H21N5O3S. The number of amides is 1. The van der Waals surface area contributed by atoms with Crippen molar-refractivity contribution in [3.63, 3.8) is 0 Å². The summed E-state index contributed by atoms with van der Waals surface area (Å²) in [6.45, 7) is 4.03. The molecule has 0 atom stereocenters. The Morgan fingerprint density at radius 3 is 2.61 bits per heavy atom. The zero-order chi connectivity index (χ0) is 21.6. The van der Waals surface area contributed by atoms with Gasteiger partial charge in [-0.1, -0.05) is 53.3 Å². The first-order valence-corrected chi connectivity index (χ1v) is 10.6. The maximum atomic E-state index is 12.3. The number of ether oxygens (including phenoxy) is 1. The second-order valence-electron chi connectivity index (χ2n) is 6.79. The van der Waals surface area contributed by atoms with Gasteiger partial charge in [0.25, 0.3) is 0 Å². The molecule has 1 amide bonds. The van der Waals surface area contributed by atoms with Gasteiger partial charge in [0.05, 0.1) is 11.4 Å². The van der Waals surface area contributed by atoms with Crippen molar-refractivity contribution in [1.29, 1.82) is 0 Å². The summed E-state index contributed by atoms with van der Waals surface area (Å²) in [4.78, 5) is 12.3. The lowest BCUT2D eigenvalue weighted by molar-refractivity contribution is -0.113. The Morgan fingerprint density at radius 1 is 1.10 bits per heavy atom. The minimum absolute atomic E-state index is 0.142. The lowest BCUT2D eigenvalue weighted by Crippen LogP contribution is -2.14. The first kappa shape index (κ1) is 20.7. The van der Waals surface area contributed by atoms with Gasteiger partial charge < -0.3 is 9.26 Å². The number of hydrogen-bond acceptors (Lipinski definition) is 7. The average Bonchev–Trinajstić information content (AvgIpc) is 3.38. The van der Waals surface area contributed by atoms with Crippen LogP contribution in [0.25, 0.3) is 5.69 Å². The largest absolute Gasteiger partial charge is 0.485 e. The predicted octanol–water partition coefficient (Wildman–Crippen LogP) is 4.18. The Hall–Kier alpha value is -3.59. The van der Waals surface area contributed by atoms with Gasteiger partial charge in [-0.05, 0) is 37.6 Å². The van der Waals surface area contributed by atoms with E-state index in [0.29, 0.717) is 22.6 Å². The number of para-hydroxylation sites is 2. The number of benzene rings is 2. The average molecular weight is 436 g/mol. The van der Waals surface area contributed by atoms with E-state index in [1.807, 2.05) is 66.1 Å². The number of carbonyl (C=O) groups excluding carboxylic acids is 1. The van der Waals surface area contributed by atoms with Crippen molar-refractivity contribution in [3.8, 4) is 11.4 Å². The molecule has 0 unspecified atom stereocenters. The Morgan fingerprint density at radius 2 is 1.87 bits per heavy atom. The molecule has 0 bridgehead atoms. The molecular weight excluding hydrogens is 414 g/mol. The number of rotatable bonds is 8. The minimum Gasteiger partial charge on any atom is -0.485 e. The third-order valence-corrected chi connectivity index (χ3v) is 5.32. The van der Waals surface area contributed by atoms with Gasteiger partial charge in [-0.2, -0.15) is 0 Å². The molecule has 0 fully saturated rings. The summed E-state index contributed by atoms with van der Waals surface area (Å²) >= 11 is 1.28. The van der Waals surface area contributed by atoms with Crippen LogP contribution in [0.1, 0.15) is 17.1 Å². The number of nitrogens with one attached hydrogen (secondary N) is 1. The molecule has 8 nitrogen and oxygen atoms in total. The van der Waals surface area contributed by atoms with Crippen LogP contribution in [0.15, 0.2) is 70.3 Å². The zero-order valence-electron chi connectivity index (χ0n) is 17.1.